The van der Waals surface area contributed by atoms with Gasteiger partial charge >= 0.3 is 0 Å². The molecule has 0 fully saturated rings. The number of nitrogens with one attached hydrogen (secondary N) is 1. The van der Waals surface area contributed by atoms with Crippen molar-refractivity contribution >= 4 is 70.8 Å². The summed E-state index contributed by atoms with van der Waals surface area (Å²) in [6, 6.07) is 1.44. The molecule has 80 valence electrons. The van der Waals surface area contributed by atoms with Gasteiger partial charge in [0.1, 0.15) is 0 Å². The van der Waals surface area contributed by atoms with Gasteiger partial charge in [0.2, 0.25) is 0 Å². The van der Waals surface area contributed by atoms with Gasteiger partial charge in [0.25, 0.3) is 0 Å². The fourth-order valence-electron chi connectivity index (χ4n) is 0.544. The minimum atomic E-state index is 0.186. The van der Waals surface area contributed by atoms with Crippen LogP contribution in [0.1, 0.15) is 0 Å². The molecule has 7 heteroatoms. The Morgan fingerprint density at radius 3 is 1.50 bits per heavy atom. The van der Waals surface area contributed by atoms with Crippen LogP contribution in [0.5, 0.6) is 0 Å². The smallest absolute Gasteiger partial charge is 0.0808 e. The largest absolute Gasteiger partial charge is 0.270 e. The second-order valence-electron chi connectivity index (χ2n) is 2.01. The molecule has 0 amide bonds. The first-order valence-corrected chi connectivity index (χ1v) is 5.58. The maximum atomic E-state index is 5.66. The Morgan fingerprint density at radius 2 is 1.21 bits per heavy atom. The maximum absolute atomic E-state index is 5.66. The van der Waals surface area contributed by atoms with Gasteiger partial charge in [-0.2, -0.15) is 0 Å². The highest BCUT2D eigenvalue weighted by atomic mass is 35.5. The highest BCUT2D eigenvalue weighted by Crippen LogP contribution is 2.40. The van der Waals surface area contributed by atoms with Crippen molar-refractivity contribution in [3.63, 3.8) is 0 Å². The van der Waals surface area contributed by atoms with Gasteiger partial charge in [0, 0.05) is 0 Å². The summed E-state index contributed by atoms with van der Waals surface area (Å²) < 4.78 is 2.44. The number of halogens is 5. The van der Waals surface area contributed by atoms with Crippen LogP contribution in [0, 0.1) is 0 Å². The molecule has 14 heavy (non-hydrogen) atoms. The van der Waals surface area contributed by atoms with Crippen molar-refractivity contribution < 1.29 is 0 Å². The third kappa shape index (κ3) is 4.23. The molecule has 0 heterocycles. The lowest BCUT2D eigenvalue weighted by atomic mass is 10.3. The predicted molar refractivity (Wildman–Crippen MR) is 69.5 cm³/mol. The first kappa shape index (κ1) is 15.0. The van der Waals surface area contributed by atoms with E-state index in [1.54, 1.807) is 7.05 Å². The van der Waals surface area contributed by atoms with Crippen LogP contribution < -0.4 is 4.72 Å². The zero-order chi connectivity index (χ0) is 11.3. The molecular weight excluding hydrogens is 307 g/mol. The second kappa shape index (κ2) is 7.29. The predicted octanol–water partition coefficient (Wildman–Crippen LogP) is 5.00. The Bertz CT molecular complexity index is 291. The van der Waals surface area contributed by atoms with Crippen LogP contribution in [0.25, 0.3) is 0 Å². The molecule has 0 unspecified atom stereocenters. The molecule has 0 aliphatic carbocycles. The minimum absolute atomic E-state index is 0.186. The van der Waals surface area contributed by atoms with Gasteiger partial charge in [-0.15, -0.1) is 0 Å². The molecular formula is C7H6Cl5NS. The van der Waals surface area contributed by atoms with Gasteiger partial charge in [-0.3, -0.25) is 4.72 Å². The summed E-state index contributed by atoms with van der Waals surface area (Å²) in [6.07, 6.45) is 0. The average molecular weight is 313 g/mol. The lowest BCUT2D eigenvalue weighted by Crippen LogP contribution is -1.76. The summed E-state index contributed by atoms with van der Waals surface area (Å²) in [5.74, 6) is 0. The Balaban J connectivity index is 0.000000500. The first-order chi connectivity index (χ1) is 6.45. The fraction of sp³-hybridized carbons (Fsp3) is 0.143. The van der Waals surface area contributed by atoms with Crippen molar-refractivity contribution in [2.45, 2.75) is 0 Å². The summed E-state index contributed by atoms with van der Waals surface area (Å²) in [5.41, 5.74) is 0. The highest BCUT2D eigenvalue weighted by Gasteiger charge is 2.10. The van der Waals surface area contributed by atoms with E-state index >= 15 is 0 Å². The molecule has 1 nitrogen and oxygen atoms in total. The first-order valence-electron chi connectivity index (χ1n) is 3.25. The van der Waals surface area contributed by atoms with Gasteiger partial charge in [-0.1, -0.05) is 70.8 Å². The van der Waals surface area contributed by atoms with Crippen LogP contribution in [-0.4, -0.2) is 7.05 Å². The molecule has 0 saturated heterocycles. The van der Waals surface area contributed by atoms with E-state index in [-0.39, 0.29) is 15.1 Å². The summed E-state index contributed by atoms with van der Waals surface area (Å²) in [6.45, 7) is 0. The fourth-order valence-corrected chi connectivity index (χ4v) is 1.65. The van der Waals surface area contributed by atoms with Crippen molar-refractivity contribution in [2.24, 2.45) is 0 Å². The van der Waals surface area contributed by atoms with E-state index in [2.05, 4.69) is 17.5 Å². The van der Waals surface area contributed by atoms with Crippen molar-refractivity contribution in [1.82, 2.24) is 4.72 Å². The Morgan fingerprint density at radius 1 is 0.929 bits per heavy atom. The van der Waals surface area contributed by atoms with E-state index in [9.17, 15) is 0 Å². The molecule has 0 aliphatic rings. The molecule has 1 rings (SSSR count). The standard InChI is InChI=1S/C6HCl5.CH5NS/c7-2-1-3(8)5(10)6(11)4(2)9;1-2-3/h1H;2-3H,1H3. The van der Waals surface area contributed by atoms with E-state index in [4.69, 9.17) is 58.0 Å². The van der Waals surface area contributed by atoms with Crippen LogP contribution in [0.2, 0.25) is 25.1 Å². The van der Waals surface area contributed by atoms with E-state index in [1.807, 2.05) is 0 Å². The lowest BCUT2D eigenvalue weighted by molar-refractivity contribution is 1.32. The van der Waals surface area contributed by atoms with Crippen molar-refractivity contribution in [3.8, 4) is 0 Å². The summed E-state index contributed by atoms with van der Waals surface area (Å²) in [4.78, 5) is 0. The molecule has 1 N–H and O–H groups in total. The molecule has 0 saturated carbocycles. The Kier molecular flexibility index (Phi) is 7.80. The second-order valence-corrected chi connectivity index (χ2v) is 4.40. The Hall–Kier alpha value is 0.980. The quantitative estimate of drug-likeness (QED) is 0.390. The van der Waals surface area contributed by atoms with Crippen LogP contribution in [0.3, 0.4) is 0 Å². The van der Waals surface area contributed by atoms with E-state index in [1.165, 1.54) is 6.07 Å². The SMILES string of the molecule is CNS.Clc1cc(Cl)c(Cl)c(Cl)c1Cl. The number of thiol groups is 1. The molecule has 0 aliphatic heterocycles. The molecule has 0 atom stereocenters. The van der Waals surface area contributed by atoms with Gasteiger partial charge in [0.15, 0.2) is 0 Å². The Labute approximate surface area is 113 Å². The van der Waals surface area contributed by atoms with Gasteiger partial charge < -0.3 is 0 Å². The van der Waals surface area contributed by atoms with E-state index < -0.39 is 0 Å². The average Bonchev–Trinajstić information content (AvgIpc) is 2.13. The lowest BCUT2D eigenvalue weighted by Gasteiger charge is -2.02. The normalized spacial score (nSPS) is 9.36. The highest BCUT2D eigenvalue weighted by molar-refractivity contribution is 7.78. The molecule has 0 radical (unpaired) electrons. The zero-order valence-electron chi connectivity index (χ0n) is 6.91. The summed E-state index contributed by atoms with van der Waals surface area (Å²) >= 11 is 31.8. The number of rotatable bonds is 0. The third-order valence-electron chi connectivity index (χ3n) is 1.06. The number of hydrogen-bond acceptors (Lipinski definition) is 2. The van der Waals surface area contributed by atoms with Crippen LogP contribution in [-0.2, 0) is 0 Å². The number of hydrogen-bond donors (Lipinski definition) is 2. The monoisotopic (exact) mass is 311 g/mol. The molecule has 1 aromatic carbocycles. The van der Waals surface area contributed by atoms with Crippen molar-refractivity contribution in [2.75, 3.05) is 7.05 Å². The van der Waals surface area contributed by atoms with Gasteiger partial charge in [0.05, 0.1) is 25.1 Å². The minimum Gasteiger partial charge on any atom is -0.270 e. The molecule has 0 aromatic heterocycles. The molecule has 0 bridgehead atoms. The van der Waals surface area contributed by atoms with Gasteiger partial charge in [-0.25, -0.2) is 0 Å². The summed E-state index contributed by atoms with van der Waals surface area (Å²) in [7, 11) is 1.74. The van der Waals surface area contributed by atoms with E-state index in [0.717, 1.165) is 0 Å². The summed E-state index contributed by atoms with van der Waals surface area (Å²) in [5, 5.41) is 1.23. The van der Waals surface area contributed by atoms with Crippen LogP contribution >= 0.6 is 70.8 Å². The van der Waals surface area contributed by atoms with Crippen molar-refractivity contribution in [3.05, 3.63) is 31.2 Å². The molecule has 1 aromatic rings. The van der Waals surface area contributed by atoms with Gasteiger partial charge in [-0.05, 0) is 13.1 Å². The third-order valence-corrected chi connectivity index (χ3v) is 3.20. The van der Waals surface area contributed by atoms with Crippen LogP contribution in [0.4, 0.5) is 0 Å². The van der Waals surface area contributed by atoms with Crippen molar-refractivity contribution in [1.29, 1.82) is 0 Å². The van der Waals surface area contributed by atoms with E-state index in [0.29, 0.717) is 10.0 Å². The van der Waals surface area contributed by atoms with Crippen LogP contribution in [0.15, 0.2) is 6.07 Å². The number of benzene rings is 1. The molecule has 0 spiro atoms. The zero-order valence-corrected chi connectivity index (χ0v) is 11.6. The maximum Gasteiger partial charge on any atom is 0.0808 e. The topological polar surface area (TPSA) is 12.0 Å².